The number of carbonyl (C=O) groups excluding carboxylic acids is 2. The first-order valence-corrected chi connectivity index (χ1v) is 15.8. The molecule has 1 atom stereocenters. The van der Waals surface area contributed by atoms with E-state index in [0.717, 1.165) is 39.0 Å². The van der Waals surface area contributed by atoms with Gasteiger partial charge in [0.1, 0.15) is 24.9 Å². The maximum atomic E-state index is 13.7. The van der Waals surface area contributed by atoms with E-state index in [4.69, 9.17) is 4.74 Å². The number of benzene rings is 3. The van der Waals surface area contributed by atoms with Crippen LogP contribution < -0.4 is 14.4 Å². The topological polar surface area (TPSA) is 96.0 Å². The lowest BCUT2D eigenvalue weighted by atomic mass is 10.1. The van der Waals surface area contributed by atoms with Crippen molar-refractivity contribution < 1.29 is 22.7 Å². The molecule has 0 aliphatic heterocycles. The Kier molecular flexibility index (Phi) is 11.6. The van der Waals surface area contributed by atoms with Crippen molar-refractivity contribution >= 4 is 43.5 Å². The first-order valence-electron chi connectivity index (χ1n) is 13.1. The van der Waals surface area contributed by atoms with E-state index in [1.54, 1.807) is 31.2 Å². The van der Waals surface area contributed by atoms with Crippen molar-refractivity contribution in [1.29, 1.82) is 0 Å². The molecule has 0 aliphatic carbocycles. The number of hydrogen-bond acceptors (Lipinski definition) is 5. The molecule has 0 aromatic heterocycles. The summed E-state index contributed by atoms with van der Waals surface area (Å²) in [7, 11) is -3.82. The van der Waals surface area contributed by atoms with Gasteiger partial charge in [-0.1, -0.05) is 71.7 Å². The number of nitrogens with zero attached hydrogens (tertiary/aromatic N) is 2. The van der Waals surface area contributed by atoms with Gasteiger partial charge in [0.15, 0.2) is 0 Å². The Morgan fingerprint density at radius 1 is 0.950 bits per heavy atom. The van der Waals surface area contributed by atoms with Gasteiger partial charge in [-0.15, -0.1) is 0 Å². The summed E-state index contributed by atoms with van der Waals surface area (Å²) in [5, 5.41) is 2.87. The summed E-state index contributed by atoms with van der Waals surface area (Å²) in [6.07, 6.45) is 2.81. The number of ether oxygens (including phenoxy) is 1. The first-order chi connectivity index (χ1) is 19.1. The molecule has 3 aromatic rings. The first kappa shape index (κ1) is 31.2. The van der Waals surface area contributed by atoms with Crippen molar-refractivity contribution in [2.24, 2.45) is 0 Å². The number of nitrogens with one attached hydrogen (secondary N) is 1. The fourth-order valence-electron chi connectivity index (χ4n) is 3.97. The number of rotatable bonds is 14. The van der Waals surface area contributed by atoms with E-state index in [-0.39, 0.29) is 12.5 Å². The second kappa shape index (κ2) is 14.9. The van der Waals surface area contributed by atoms with E-state index < -0.39 is 28.5 Å². The van der Waals surface area contributed by atoms with Crippen molar-refractivity contribution in [3.05, 3.63) is 94.5 Å². The molecule has 0 heterocycles. The zero-order chi connectivity index (χ0) is 29.1. The summed E-state index contributed by atoms with van der Waals surface area (Å²) in [5.41, 5.74) is 2.15. The normalized spacial score (nSPS) is 11.9. The fraction of sp³-hybridized carbons (Fsp3) is 0.333. The summed E-state index contributed by atoms with van der Waals surface area (Å²) in [6.45, 7) is 4.26. The number of amides is 2. The van der Waals surface area contributed by atoms with Crippen LogP contribution in [0, 0.1) is 0 Å². The lowest BCUT2D eigenvalue weighted by molar-refractivity contribution is -0.139. The Balaban J connectivity index is 1.79. The molecular formula is C30H36BrN3O5S. The molecule has 0 bridgehead atoms. The highest BCUT2D eigenvalue weighted by atomic mass is 79.9. The van der Waals surface area contributed by atoms with Gasteiger partial charge in [0.2, 0.25) is 21.8 Å². The summed E-state index contributed by atoms with van der Waals surface area (Å²) in [5.74, 6) is -0.206. The minimum atomic E-state index is -3.82. The van der Waals surface area contributed by atoms with E-state index in [0.29, 0.717) is 24.6 Å². The van der Waals surface area contributed by atoms with Crippen LogP contribution in [-0.4, -0.2) is 50.5 Å². The molecule has 8 nitrogen and oxygen atoms in total. The predicted octanol–water partition coefficient (Wildman–Crippen LogP) is 5.13. The van der Waals surface area contributed by atoms with Crippen LogP contribution in [0.3, 0.4) is 0 Å². The molecule has 1 N–H and O–H groups in total. The van der Waals surface area contributed by atoms with E-state index in [9.17, 15) is 18.0 Å². The highest BCUT2D eigenvalue weighted by Crippen LogP contribution is 2.23. The number of unbranched alkanes of at least 4 members (excludes halogenated alkanes) is 1. The van der Waals surface area contributed by atoms with Gasteiger partial charge in [-0.3, -0.25) is 13.9 Å². The Morgan fingerprint density at radius 3 is 2.20 bits per heavy atom. The number of anilines is 1. The van der Waals surface area contributed by atoms with Crippen molar-refractivity contribution in [1.82, 2.24) is 10.2 Å². The van der Waals surface area contributed by atoms with Crippen molar-refractivity contribution in [3.8, 4) is 5.75 Å². The van der Waals surface area contributed by atoms with Crippen LogP contribution in [0.25, 0.3) is 0 Å². The second-order valence-corrected chi connectivity index (χ2v) is 12.3. The van der Waals surface area contributed by atoms with Gasteiger partial charge in [-0.05, 0) is 60.9 Å². The molecule has 10 heteroatoms. The summed E-state index contributed by atoms with van der Waals surface area (Å²) >= 11 is 3.41. The molecule has 214 valence electrons. The number of sulfonamides is 1. The second-order valence-electron chi connectivity index (χ2n) is 9.51. The maximum absolute atomic E-state index is 13.7. The lowest BCUT2D eigenvalue weighted by Gasteiger charge is -2.31. The van der Waals surface area contributed by atoms with Crippen LogP contribution in [0.2, 0.25) is 0 Å². The van der Waals surface area contributed by atoms with Crippen LogP contribution in [0.1, 0.15) is 37.8 Å². The van der Waals surface area contributed by atoms with Gasteiger partial charge in [0, 0.05) is 17.6 Å². The molecule has 2 amide bonds. The minimum absolute atomic E-state index is 0.151. The molecule has 0 saturated heterocycles. The van der Waals surface area contributed by atoms with E-state index in [2.05, 4.69) is 21.2 Å². The van der Waals surface area contributed by atoms with Crippen LogP contribution in [0.4, 0.5) is 5.69 Å². The van der Waals surface area contributed by atoms with Crippen LogP contribution in [0.5, 0.6) is 5.75 Å². The highest BCUT2D eigenvalue weighted by Gasteiger charge is 2.30. The molecule has 3 rings (SSSR count). The number of hydrogen-bond donors (Lipinski definition) is 1. The zero-order valence-corrected chi connectivity index (χ0v) is 25.4. The molecule has 0 saturated carbocycles. The standard InChI is InChI=1S/C30H36BrN3O5S/c1-4-5-19-32-30(36)23(2)33(20-24-11-13-26(31)14-12-24)29(35)21-34(40(3,37)38)27-15-17-28(18-16-27)39-22-25-9-7-6-8-10-25/h6-18,23H,4-5,19-22H2,1-3H3,(H,32,36)/t23-/m0/s1. The molecule has 0 unspecified atom stereocenters. The van der Waals surface area contributed by atoms with E-state index >= 15 is 0 Å². The average molecular weight is 631 g/mol. The molecule has 40 heavy (non-hydrogen) atoms. The van der Waals surface area contributed by atoms with Crippen LogP contribution >= 0.6 is 15.9 Å². The van der Waals surface area contributed by atoms with Gasteiger partial charge >= 0.3 is 0 Å². The van der Waals surface area contributed by atoms with E-state index in [1.807, 2.05) is 61.5 Å². The summed E-state index contributed by atoms with van der Waals surface area (Å²) in [4.78, 5) is 28.0. The molecule has 0 fully saturated rings. The maximum Gasteiger partial charge on any atom is 0.244 e. The van der Waals surface area contributed by atoms with Gasteiger partial charge in [0.05, 0.1) is 11.9 Å². The Bertz CT molecular complexity index is 1350. The molecular weight excluding hydrogens is 594 g/mol. The number of carbonyl (C=O) groups is 2. The van der Waals surface area contributed by atoms with E-state index in [1.165, 1.54) is 4.90 Å². The highest BCUT2D eigenvalue weighted by molar-refractivity contribution is 9.10. The molecule has 0 spiro atoms. The Morgan fingerprint density at radius 2 is 1.60 bits per heavy atom. The third kappa shape index (κ3) is 9.38. The fourth-order valence-corrected chi connectivity index (χ4v) is 5.08. The lowest BCUT2D eigenvalue weighted by Crippen LogP contribution is -2.51. The minimum Gasteiger partial charge on any atom is -0.489 e. The smallest absolute Gasteiger partial charge is 0.244 e. The summed E-state index contributed by atoms with van der Waals surface area (Å²) < 4.78 is 33.3. The Hall–Kier alpha value is -3.37. The van der Waals surface area contributed by atoms with Crippen molar-refractivity contribution in [3.63, 3.8) is 0 Å². The zero-order valence-electron chi connectivity index (χ0n) is 23.0. The predicted molar refractivity (Wildman–Crippen MR) is 161 cm³/mol. The van der Waals surface area contributed by atoms with Crippen molar-refractivity contribution in [2.75, 3.05) is 23.7 Å². The monoisotopic (exact) mass is 629 g/mol. The van der Waals surface area contributed by atoms with Gasteiger partial charge < -0.3 is 15.0 Å². The Labute approximate surface area is 245 Å². The summed E-state index contributed by atoms with van der Waals surface area (Å²) in [6, 6.07) is 22.9. The average Bonchev–Trinajstić information content (AvgIpc) is 2.94. The van der Waals surface area contributed by atoms with Gasteiger partial charge in [0.25, 0.3) is 0 Å². The molecule has 0 aliphatic rings. The number of halogens is 1. The van der Waals surface area contributed by atoms with Gasteiger partial charge in [-0.25, -0.2) is 8.42 Å². The largest absolute Gasteiger partial charge is 0.489 e. The third-order valence-corrected chi connectivity index (χ3v) is 7.98. The quantitative estimate of drug-likeness (QED) is 0.250. The third-order valence-electron chi connectivity index (χ3n) is 6.32. The van der Waals surface area contributed by atoms with Gasteiger partial charge in [-0.2, -0.15) is 0 Å². The van der Waals surface area contributed by atoms with Crippen LogP contribution in [0.15, 0.2) is 83.3 Å². The van der Waals surface area contributed by atoms with Crippen molar-refractivity contribution in [2.45, 2.75) is 45.9 Å². The SMILES string of the molecule is CCCCNC(=O)[C@H](C)N(Cc1ccc(Br)cc1)C(=O)CN(c1ccc(OCc2ccccc2)cc1)S(C)(=O)=O. The molecule has 3 aromatic carbocycles. The molecule has 0 radical (unpaired) electrons. The van der Waals surface area contributed by atoms with Crippen LogP contribution in [-0.2, 0) is 32.8 Å².